The molecule has 1 aromatic heterocycles. The zero-order valence-electron chi connectivity index (χ0n) is 24.7. The summed E-state index contributed by atoms with van der Waals surface area (Å²) in [7, 11) is 0. The van der Waals surface area contributed by atoms with Crippen molar-refractivity contribution in [3.8, 4) is 0 Å². The molecule has 3 amide bonds. The normalized spacial score (nSPS) is 12.8. The lowest BCUT2D eigenvalue weighted by molar-refractivity contribution is 0.0239. The number of pyridine rings is 1. The van der Waals surface area contributed by atoms with Crippen molar-refractivity contribution in [2.45, 2.75) is 111 Å². The highest BCUT2D eigenvalue weighted by Gasteiger charge is 2.25. The van der Waals surface area contributed by atoms with E-state index in [1.165, 1.54) is 0 Å². The molecular weight excluding hydrogens is 488 g/mol. The molecule has 0 saturated heterocycles. The molecule has 0 spiro atoms. The Labute approximate surface area is 228 Å². The van der Waals surface area contributed by atoms with E-state index in [0.717, 1.165) is 5.69 Å². The highest BCUT2D eigenvalue weighted by molar-refractivity contribution is 5.69. The number of ether oxygens (including phenoxy) is 3. The molecule has 1 unspecified atom stereocenters. The van der Waals surface area contributed by atoms with Crippen LogP contribution < -0.4 is 10.6 Å². The number of amides is 3. The van der Waals surface area contributed by atoms with Crippen molar-refractivity contribution >= 4 is 18.3 Å². The van der Waals surface area contributed by atoms with Gasteiger partial charge < -0.3 is 29.7 Å². The summed E-state index contributed by atoms with van der Waals surface area (Å²) >= 11 is 0. The molecule has 1 aromatic rings. The number of hydrogen-bond donors (Lipinski definition) is 2. The maximum atomic E-state index is 12.9. The molecule has 1 heterocycles. The third-order valence-electron chi connectivity index (χ3n) is 4.87. The third kappa shape index (κ3) is 16.7. The van der Waals surface area contributed by atoms with Gasteiger partial charge in [0.05, 0.1) is 0 Å². The smallest absolute Gasteiger partial charge is 0.410 e. The Balaban J connectivity index is 2.83. The van der Waals surface area contributed by atoms with Gasteiger partial charge in [-0.15, -0.1) is 0 Å². The SMILES string of the molecule is CC(C)(C)OC(=O)NCCCN(CCC(CCc1ccccn1)NC(=O)OC(C)(C)C)C(=O)OC(C)(C)C. The number of carbonyl (C=O) groups is 3. The van der Waals surface area contributed by atoms with Crippen molar-refractivity contribution in [1.82, 2.24) is 20.5 Å². The van der Waals surface area contributed by atoms with Crippen LogP contribution >= 0.6 is 0 Å². The van der Waals surface area contributed by atoms with Gasteiger partial charge in [-0.2, -0.15) is 0 Å². The van der Waals surface area contributed by atoms with E-state index >= 15 is 0 Å². The number of aromatic nitrogens is 1. The van der Waals surface area contributed by atoms with E-state index in [1.807, 2.05) is 59.7 Å². The Morgan fingerprint density at radius 1 is 0.842 bits per heavy atom. The van der Waals surface area contributed by atoms with Gasteiger partial charge in [0.2, 0.25) is 0 Å². The van der Waals surface area contributed by atoms with Crippen LogP contribution in [0, 0.1) is 0 Å². The molecule has 0 radical (unpaired) electrons. The van der Waals surface area contributed by atoms with Crippen LogP contribution in [-0.2, 0) is 20.6 Å². The molecule has 0 bridgehead atoms. The predicted molar refractivity (Wildman–Crippen MR) is 147 cm³/mol. The summed E-state index contributed by atoms with van der Waals surface area (Å²) in [6, 6.07) is 5.47. The molecule has 0 aliphatic carbocycles. The van der Waals surface area contributed by atoms with Gasteiger partial charge in [-0.25, -0.2) is 14.4 Å². The van der Waals surface area contributed by atoms with E-state index in [2.05, 4.69) is 15.6 Å². The van der Waals surface area contributed by atoms with E-state index in [4.69, 9.17) is 14.2 Å². The fraction of sp³-hybridized carbons (Fsp3) is 0.714. The predicted octanol–water partition coefficient (Wildman–Crippen LogP) is 5.45. The van der Waals surface area contributed by atoms with Gasteiger partial charge in [-0.3, -0.25) is 4.98 Å². The van der Waals surface area contributed by atoms with Gasteiger partial charge in [0.1, 0.15) is 16.8 Å². The molecule has 10 heteroatoms. The summed E-state index contributed by atoms with van der Waals surface area (Å²) in [6.07, 6.45) is 2.57. The van der Waals surface area contributed by atoms with Crippen molar-refractivity contribution < 1.29 is 28.6 Å². The summed E-state index contributed by atoms with van der Waals surface area (Å²) in [5.74, 6) is 0. The number of rotatable bonds is 11. The molecule has 1 atom stereocenters. The van der Waals surface area contributed by atoms with Crippen LogP contribution in [0.1, 0.15) is 87.3 Å². The highest BCUT2D eigenvalue weighted by Crippen LogP contribution is 2.14. The number of nitrogens with one attached hydrogen (secondary N) is 2. The number of hydrogen-bond acceptors (Lipinski definition) is 7. The van der Waals surface area contributed by atoms with E-state index in [-0.39, 0.29) is 6.04 Å². The van der Waals surface area contributed by atoms with E-state index in [9.17, 15) is 14.4 Å². The average Bonchev–Trinajstić information content (AvgIpc) is 2.73. The van der Waals surface area contributed by atoms with Crippen molar-refractivity contribution in [3.63, 3.8) is 0 Å². The van der Waals surface area contributed by atoms with Crippen LogP contribution in [0.5, 0.6) is 0 Å². The van der Waals surface area contributed by atoms with Crippen molar-refractivity contribution in [1.29, 1.82) is 0 Å². The standard InChI is InChI=1S/C28H48N4O6/c1-26(2,3)36-23(33)30-18-12-19-32(25(35)38-28(7,8)9)20-16-22(31-24(34)37-27(4,5)6)15-14-21-13-10-11-17-29-21/h10-11,13,17,22H,12,14-16,18-20H2,1-9H3,(H,30,33)(H,31,34). The minimum atomic E-state index is -0.656. The molecule has 10 nitrogen and oxygen atoms in total. The first-order chi connectivity index (χ1) is 17.4. The number of alkyl carbamates (subject to hydrolysis) is 2. The van der Waals surface area contributed by atoms with Gasteiger partial charge in [0, 0.05) is 37.6 Å². The summed E-state index contributed by atoms with van der Waals surface area (Å²) in [6.45, 7) is 17.3. The molecule has 1 rings (SSSR count). The van der Waals surface area contributed by atoms with Crippen LogP contribution in [0.4, 0.5) is 14.4 Å². The number of carbonyl (C=O) groups excluding carboxylic acids is 3. The van der Waals surface area contributed by atoms with E-state index in [0.29, 0.717) is 45.3 Å². The second-order valence-electron chi connectivity index (χ2n) is 12.2. The van der Waals surface area contributed by atoms with Crippen LogP contribution in [0.3, 0.4) is 0 Å². The monoisotopic (exact) mass is 536 g/mol. The zero-order chi connectivity index (χ0) is 29.0. The van der Waals surface area contributed by atoms with Crippen molar-refractivity contribution in [3.05, 3.63) is 30.1 Å². The summed E-state index contributed by atoms with van der Waals surface area (Å²) < 4.78 is 16.3. The van der Waals surface area contributed by atoms with Gasteiger partial charge in [0.15, 0.2) is 0 Å². The quantitative estimate of drug-likeness (QED) is 0.285. The van der Waals surface area contributed by atoms with Gasteiger partial charge in [0.25, 0.3) is 0 Å². The fourth-order valence-corrected chi connectivity index (χ4v) is 3.34. The average molecular weight is 537 g/mol. The first-order valence-corrected chi connectivity index (χ1v) is 13.3. The first kappa shape index (κ1) is 33.0. The van der Waals surface area contributed by atoms with E-state index in [1.54, 1.807) is 31.9 Å². The maximum absolute atomic E-state index is 12.9. The van der Waals surface area contributed by atoms with Gasteiger partial charge in [-0.1, -0.05) is 6.07 Å². The first-order valence-electron chi connectivity index (χ1n) is 13.3. The lowest BCUT2D eigenvalue weighted by Crippen LogP contribution is -2.44. The van der Waals surface area contributed by atoms with Gasteiger partial charge in [-0.05, 0) is 100 Å². The van der Waals surface area contributed by atoms with Crippen molar-refractivity contribution in [2.75, 3.05) is 19.6 Å². The number of aryl methyl sites for hydroxylation is 1. The molecule has 0 aromatic carbocycles. The second kappa shape index (κ2) is 14.8. The summed E-state index contributed by atoms with van der Waals surface area (Å²) in [5.41, 5.74) is -0.949. The van der Waals surface area contributed by atoms with Gasteiger partial charge >= 0.3 is 18.3 Å². The Morgan fingerprint density at radius 2 is 1.45 bits per heavy atom. The lowest BCUT2D eigenvalue weighted by atomic mass is 10.1. The molecule has 0 fully saturated rings. The molecule has 0 saturated carbocycles. The summed E-state index contributed by atoms with van der Waals surface area (Å²) in [5, 5.41) is 5.66. The zero-order valence-corrected chi connectivity index (χ0v) is 24.7. The summed E-state index contributed by atoms with van der Waals surface area (Å²) in [4.78, 5) is 43.4. The fourth-order valence-electron chi connectivity index (χ4n) is 3.34. The van der Waals surface area contributed by atoms with Crippen molar-refractivity contribution in [2.24, 2.45) is 0 Å². The minimum Gasteiger partial charge on any atom is -0.444 e. The maximum Gasteiger partial charge on any atom is 0.410 e. The largest absolute Gasteiger partial charge is 0.444 e. The Hall–Kier alpha value is -3.04. The Bertz CT molecular complexity index is 872. The molecular formula is C28H48N4O6. The minimum absolute atomic E-state index is 0.253. The van der Waals surface area contributed by atoms with E-state index < -0.39 is 35.1 Å². The molecule has 0 aliphatic heterocycles. The van der Waals surface area contributed by atoms with Crippen LogP contribution in [0.15, 0.2) is 24.4 Å². The lowest BCUT2D eigenvalue weighted by Gasteiger charge is -2.29. The molecule has 2 N–H and O–H groups in total. The Morgan fingerprint density at radius 3 is 2.00 bits per heavy atom. The van der Waals surface area contributed by atoms with Crippen LogP contribution in [-0.4, -0.2) is 70.6 Å². The highest BCUT2D eigenvalue weighted by atomic mass is 16.6. The Kier molecular flexibility index (Phi) is 12.8. The van der Waals surface area contributed by atoms with Crippen LogP contribution in [0.2, 0.25) is 0 Å². The molecule has 0 aliphatic rings. The topological polar surface area (TPSA) is 119 Å². The number of nitrogens with zero attached hydrogens (tertiary/aromatic N) is 2. The molecule has 216 valence electrons. The third-order valence-corrected chi connectivity index (χ3v) is 4.87. The van der Waals surface area contributed by atoms with Crippen LogP contribution in [0.25, 0.3) is 0 Å². The second-order valence-corrected chi connectivity index (χ2v) is 12.2. The molecule has 38 heavy (non-hydrogen) atoms.